The summed E-state index contributed by atoms with van der Waals surface area (Å²) >= 11 is 0. The number of H-pyrrole nitrogens is 1. The van der Waals surface area contributed by atoms with Crippen LogP contribution in [0.4, 0.5) is 0 Å². The SMILES string of the molecule is CCNC(=NCc1nc(-c2ccc(OC)cc2)n[nH]1)NC(C)(C)C.I. The third-order valence-corrected chi connectivity index (χ3v) is 3.10. The minimum atomic E-state index is -0.0589. The summed E-state index contributed by atoms with van der Waals surface area (Å²) in [4.78, 5) is 9.04. The Bertz CT molecular complexity index is 675. The Morgan fingerprint density at radius 3 is 2.48 bits per heavy atom. The molecule has 0 aliphatic rings. The van der Waals surface area contributed by atoms with Crippen molar-refractivity contribution in [3.8, 4) is 17.1 Å². The molecule has 0 spiro atoms. The molecule has 0 saturated carbocycles. The highest BCUT2D eigenvalue weighted by Crippen LogP contribution is 2.19. The number of nitrogens with zero attached hydrogens (tertiary/aromatic N) is 3. The van der Waals surface area contributed by atoms with E-state index < -0.39 is 0 Å². The zero-order valence-electron chi connectivity index (χ0n) is 15.4. The number of nitrogens with one attached hydrogen (secondary N) is 3. The van der Waals surface area contributed by atoms with Crippen LogP contribution in [0.25, 0.3) is 11.4 Å². The van der Waals surface area contributed by atoms with Crippen LogP contribution in [-0.4, -0.2) is 40.3 Å². The fraction of sp³-hybridized carbons (Fsp3) is 0.471. The lowest BCUT2D eigenvalue weighted by Crippen LogP contribution is -2.47. The van der Waals surface area contributed by atoms with Crippen molar-refractivity contribution in [1.82, 2.24) is 25.8 Å². The minimum Gasteiger partial charge on any atom is -0.497 e. The predicted octanol–water partition coefficient (Wildman–Crippen LogP) is 2.95. The molecule has 138 valence electrons. The summed E-state index contributed by atoms with van der Waals surface area (Å²) < 4.78 is 5.16. The van der Waals surface area contributed by atoms with Crippen molar-refractivity contribution < 1.29 is 4.74 Å². The molecule has 3 N–H and O–H groups in total. The number of benzene rings is 1. The van der Waals surface area contributed by atoms with Gasteiger partial charge in [-0.1, -0.05) is 0 Å². The van der Waals surface area contributed by atoms with Gasteiger partial charge in [0.2, 0.25) is 0 Å². The van der Waals surface area contributed by atoms with Gasteiger partial charge in [0, 0.05) is 17.6 Å². The molecule has 8 heteroatoms. The normalized spacial score (nSPS) is 11.6. The van der Waals surface area contributed by atoms with Gasteiger partial charge in [0.1, 0.15) is 18.1 Å². The molecule has 7 nitrogen and oxygen atoms in total. The summed E-state index contributed by atoms with van der Waals surface area (Å²) in [6.45, 7) is 9.54. The van der Waals surface area contributed by atoms with Crippen LogP contribution in [0.3, 0.4) is 0 Å². The Morgan fingerprint density at radius 1 is 1.24 bits per heavy atom. The van der Waals surface area contributed by atoms with Crippen LogP contribution in [-0.2, 0) is 6.54 Å². The maximum atomic E-state index is 5.16. The highest BCUT2D eigenvalue weighted by atomic mass is 127. The summed E-state index contributed by atoms with van der Waals surface area (Å²) in [5.74, 6) is 2.93. The van der Waals surface area contributed by atoms with E-state index in [9.17, 15) is 0 Å². The van der Waals surface area contributed by atoms with E-state index in [0.717, 1.165) is 23.8 Å². The summed E-state index contributed by atoms with van der Waals surface area (Å²) in [7, 11) is 1.64. The second-order valence-corrected chi connectivity index (χ2v) is 6.40. The Labute approximate surface area is 166 Å². The molecule has 2 rings (SSSR count). The highest BCUT2D eigenvalue weighted by Gasteiger charge is 2.12. The number of aromatic nitrogens is 3. The van der Waals surface area contributed by atoms with Gasteiger partial charge in [-0.2, -0.15) is 5.10 Å². The predicted molar refractivity (Wildman–Crippen MR) is 111 cm³/mol. The van der Waals surface area contributed by atoms with Crippen LogP contribution in [0, 0.1) is 0 Å². The number of ether oxygens (including phenoxy) is 1. The van der Waals surface area contributed by atoms with E-state index >= 15 is 0 Å². The van der Waals surface area contributed by atoms with Gasteiger partial charge in [-0.15, -0.1) is 24.0 Å². The molecule has 0 fully saturated rings. The number of hydrogen-bond donors (Lipinski definition) is 3. The second-order valence-electron chi connectivity index (χ2n) is 6.40. The average molecular weight is 458 g/mol. The van der Waals surface area contributed by atoms with Gasteiger partial charge in [-0.3, -0.25) is 5.10 Å². The van der Waals surface area contributed by atoms with Crippen molar-refractivity contribution in [2.75, 3.05) is 13.7 Å². The molecular formula is C17H27IN6O. The molecular weight excluding hydrogens is 431 g/mol. The van der Waals surface area contributed by atoms with Gasteiger partial charge < -0.3 is 15.4 Å². The molecule has 1 aromatic heterocycles. The highest BCUT2D eigenvalue weighted by molar-refractivity contribution is 14.0. The van der Waals surface area contributed by atoms with E-state index in [2.05, 4.69) is 51.6 Å². The maximum Gasteiger partial charge on any atom is 0.192 e. The number of aromatic amines is 1. The molecule has 0 amide bonds. The summed E-state index contributed by atoms with van der Waals surface area (Å²) in [5.41, 5.74) is 0.874. The molecule has 0 aliphatic carbocycles. The Kier molecular flexibility index (Phi) is 8.14. The number of aliphatic imine (C=N–C) groups is 1. The van der Waals surface area contributed by atoms with E-state index in [1.165, 1.54) is 0 Å². The van der Waals surface area contributed by atoms with Crippen LogP contribution < -0.4 is 15.4 Å². The van der Waals surface area contributed by atoms with Crippen LogP contribution in [0.2, 0.25) is 0 Å². The zero-order chi connectivity index (χ0) is 17.6. The fourth-order valence-corrected chi connectivity index (χ4v) is 2.05. The largest absolute Gasteiger partial charge is 0.497 e. The van der Waals surface area contributed by atoms with E-state index in [0.29, 0.717) is 18.2 Å². The van der Waals surface area contributed by atoms with Crippen molar-refractivity contribution >= 4 is 29.9 Å². The van der Waals surface area contributed by atoms with Gasteiger partial charge >= 0.3 is 0 Å². The van der Waals surface area contributed by atoms with Crippen molar-refractivity contribution in [2.45, 2.75) is 39.8 Å². The first-order chi connectivity index (χ1) is 11.4. The van der Waals surface area contributed by atoms with Gasteiger partial charge in [0.05, 0.1) is 7.11 Å². The number of rotatable bonds is 5. The average Bonchev–Trinajstić information content (AvgIpc) is 3.00. The lowest BCUT2D eigenvalue weighted by molar-refractivity contribution is 0.415. The molecule has 0 aliphatic heterocycles. The van der Waals surface area contributed by atoms with E-state index in [-0.39, 0.29) is 29.5 Å². The molecule has 2 aromatic rings. The molecule has 0 radical (unpaired) electrons. The Hall–Kier alpha value is -1.84. The molecule has 0 saturated heterocycles. The quantitative estimate of drug-likeness (QED) is 0.365. The van der Waals surface area contributed by atoms with Gasteiger partial charge in [0.25, 0.3) is 0 Å². The molecule has 1 aromatic carbocycles. The van der Waals surface area contributed by atoms with Gasteiger partial charge in [-0.25, -0.2) is 9.98 Å². The minimum absolute atomic E-state index is 0. The third kappa shape index (κ3) is 6.89. The standard InChI is InChI=1S/C17H26N6O.HI/c1-6-18-16(21-17(2,3)4)19-11-14-20-15(23-22-14)12-7-9-13(24-5)10-8-12;/h7-10H,6,11H2,1-5H3,(H2,18,19,21)(H,20,22,23);1H. The lowest BCUT2D eigenvalue weighted by Gasteiger charge is -2.23. The maximum absolute atomic E-state index is 5.16. The molecule has 25 heavy (non-hydrogen) atoms. The summed E-state index contributed by atoms with van der Waals surface area (Å²) in [6.07, 6.45) is 0. The lowest BCUT2D eigenvalue weighted by atomic mass is 10.1. The van der Waals surface area contributed by atoms with Crippen LogP contribution in [0.5, 0.6) is 5.75 Å². The molecule has 0 atom stereocenters. The van der Waals surface area contributed by atoms with Gasteiger partial charge in [0.15, 0.2) is 11.8 Å². The smallest absolute Gasteiger partial charge is 0.192 e. The number of halogens is 1. The zero-order valence-corrected chi connectivity index (χ0v) is 17.7. The number of guanidine groups is 1. The third-order valence-electron chi connectivity index (χ3n) is 3.10. The Balaban J connectivity index is 0.00000312. The Morgan fingerprint density at radius 2 is 1.92 bits per heavy atom. The molecule has 0 unspecified atom stereocenters. The van der Waals surface area contributed by atoms with Gasteiger partial charge in [-0.05, 0) is 52.0 Å². The second kappa shape index (κ2) is 9.59. The van der Waals surface area contributed by atoms with Crippen LogP contribution in [0.1, 0.15) is 33.5 Å². The molecule has 1 heterocycles. The van der Waals surface area contributed by atoms with E-state index in [4.69, 9.17) is 4.74 Å². The first-order valence-electron chi connectivity index (χ1n) is 8.03. The molecule has 0 bridgehead atoms. The summed E-state index contributed by atoms with van der Waals surface area (Å²) in [6, 6.07) is 7.64. The fourth-order valence-electron chi connectivity index (χ4n) is 2.05. The van der Waals surface area contributed by atoms with E-state index in [1.807, 2.05) is 31.2 Å². The summed E-state index contributed by atoms with van der Waals surface area (Å²) in [5, 5.41) is 13.8. The topological polar surface area (TPSA) is 87.2 Å². The number of hydrogen-bond acceptors (Lipinski definition) is 4. The monoisotopic (exact) mass is 458 g/mol. The first-order valence-corrected chi connectivity index (χ1v) is 8.03. The van der Waals surface area contributed by atoms with E-state index in [1.54, 1.807) is 7.11 Å². The van der Waals surface area contributed by atoms with Crippen molar-refractivity contribution in [3.63, 3.8) is 0 Å². The van der Waals surface area contributed by atoms with Crippen LogP contribution >= 0.6 is 24.0 Å². The first kappa shape index (κ1) is 21.2. The van der Waals surface area contributed by atoms with Crippen molar-refractivity contribution in [3.05, 3.63) is 30.1 Å². The van der Waals surface area contributed by atoms with Crippen LogP contribution in [0.15, 0.2) is 29.3 Å². The van der Waals surface area contributed by atoms with Crippen molar-refractivity contribution in [1.29, 1.82) is 0 Å². The number of methoxy groups -OCH3 is 1. The van der Waals surface area contributed by atoms with Crippen molar-refractivity contribution in [2.24, 2.45) is 4.99 Å².